The Kier molecular flexibility index (Phi) is 4.18. The minimum Gasteiger partial charge on any atom is -0.308 e. The molecule has 0 saturated heterocycles. The minimum atomic E-state index is -0.193. The van der Waals surface area contributed by atoms with Gasteiger partial charge in [-0.1, -0.05) is 41.6 Å². The molecule has 4 rings (SSSR count). The average molecular weight is 346 g/mol. The third-order valence-electron chi connectivity index (χ3n) is 4.22. The highest BCUT2D eigenvalue weighted by Gasteiger charge is 2.10. The van der Waals surface area contributed by atoms with Gasteiger partial charge in [-0.15, -0.1) is 5.10 Å². The fourth-order valence-corrected chi connectivity index (χ4v) is 2.83. The summed E-state index contributed by atoms with van der Waals surface area (Å²) in [5.41, 5.74) is 4.00. The lowest BCUT2D eigenvalue weighted by atomic mass is 10.1. The summed E-state index contributed by atoms with van der Waals surface area (Å²) in [5.74, 6) is 0.329. The van der Waals surface area contributed by atoms with Gasteiger partial charge in [-0.3, -0.25) is 9.48 Å². The smallest absolute Gasteiger partial charge is 0.247 e. The van der Waals surface area contributed by atoms with Crippen molar-refractivity contribution in [3.63, 3.8) is 0 Å². The van der Waals surface area contributed by atoms with Crippen LogP contribution in [0.2, 0.25) is 0 Å². The Bertz CT molecular complexity index is 1060. The zero-order valence-electron chi connectivity index (χ0n) is 14.3. The quantitative estimate of drug-likeness (QED) is 0.602. The number of anilines is 1. The van der Waals surface area contributed by atoms with Crippen molar-refractivity contribution >= 4 is 22.8 Å². The van der Waals surface area contributed by atoms with Gasteiger partial charge in [0.2, 0.25) is 5.91 Å². The van der Waals surface area contributed by atoms with Gasteiger partial charge < -0.3 is 5.32 Å². The van der Waals surface area contributed by atoms with E-state index in [1.165, 1.54) is 11.1 Å². The molecule has 7 heteroatoms. The van der Waals surface area contributed by atoms with Crippen LogP contribution in [0.1, 0.15) is 11.1 Å². The number of amides is 1. The Labute approximate surface area is 150 Å². The first kappa shape index (κ1) is 16.0. The maximum atomic E-state index is 12.3. The van der Waals surface area contributed by atoms with Crippen LogP contribution in [0.5, 0.6) is 0 Å². The number of carbonyl (C=O) groups is 1. The summed E-state index contributed by atoms with van der Waals surface area (Å²) in [7, 11) is 0. The van der Waals surface area contributed by atoms with Crippen LogP contribution in [-0.4, -0.2) is 30.7 Å². The molecule has 0 spiro atoms. The molecule has 0 bridgehead atoms. The third-order valence-corrected chi connectivity index (χ3v) is 4.22. The molecule has 1 N–H and O–H groups in total. The summed E-state index contributed by atoms with van der Waals surface area (Å²) < 4.78 is 3.39. The van der Waals surface area contributed by atoms with Crippen LogP contribution in [0.4, 0.5) is 5.82 Å². The van der Waals surface area contributed by atoms with Crippen LogP contribution in [0.25, 0.3) is 11.0 Å². The van der Waals surface area contributed by atoms with Crippen LogP contribution < -0.4 is 5.32 Å². The van der Waals surface area contributed by atoms with Crippen molar-refractivity contribution in [3.05, 3.63) is 71.9 Å². The number of hydrogen-bond acceptors (Lipinski definition) is 4. The first-order chi connectivity index (χ1) is 12.7. The van der Waals surface area contributed by atoms with E-state index >= 15 is 0 Å². The van der Waals surface area contributed by atoms with Crippen molar-refractivity contribution in [2.24, 2.45) is 0 Å². The summed E-state index contributed by atoms with van der Waals surface area (Å²) in [5, 5.41) is 15.3. The molecule has 2 aromatic carbocycles. The van der Waals surface area contributed by atoms with E-state index in [4.69, 9.17) is 0 Å². The minimum absolute atomic E-state index is 0.0885. The molecule has 0 aliphatic rings. The standard InChI is InChI=1S/C19H18N6O/c1-14-6-2-3-7-15(14)12-24-11-10-18(22-24)20-19(26)13-25-17-9-5-4-8-16(17)21-23-25/h2-11H,12-13H2,1H3,(H,20,22,26). The van der Waals surface area contributed by atoms with E-state index in [0.29, 0.717) is 12.4 Å². The zero-order chi connectivity index (χ0) is 17.9. The lowest BCUT2D eigenvalue weighted by Crippen LogP contribution is -2.20. The largest absolute Gasteiger partial charge is 0.308 e. The maximum absolute atomic E-state index is 12.3. The monoisotopic (exact) mass is 346 g/mol. The molecule has 0 aliphatic heterocycles. The highest BCUT2D eigenvalue weighted by molar-refractivity contribution is 5.90. The number of aryl methyl sites for hydroxylation is 1. The summed E-state index contributed by atoms with van der Waals surface area (Å²) in [6, 6.07) is 17.5. The second kappa shape index (κ2) is 6.79. The third kappa shape index (κ3) is 3.32. The van der Waals surface area contributed by atoms with Gasteiger partial charge >= 0.3 is 0 Å². The molecule has 0 fully saturated rings. The van der Waals surface area contributed by atoms with Gasteiger partial charge in [0, 0.05) is 12.3 Å². The molecule has 7 nitrogen and oxygen atoms in total. The fraction of sp³-hybridized carbons (Fsp3) is 0.158. The number of rotatable bonds is 5. The summed E-state index contributed by atoms with van der Waals surface area (Å²) in [6.45, 7) is 2.82. The fourth-order valence-electron chi connectivity index (χ4n) is 2.83. The lowest BCUT2D eigenvalue weighted by Gasteiger charge is -2.06. The van der Waals surface area contributed by atoms with Gasteiger partial charge in [0.25, 0.3) is 0 Å². The topological polar surface area (TPSA) is 77.6 Å². The van der Waals surface area contributed by atoms with Gasteiger partial charge in [-0.25, -0.2) is 4.68 Å². The number of carbonyl (C=O) groups excluding carboxylic acids is 1. The molecule has 2 aromatic heterocycles. The van der Waals surface area contributed by atoms with Crippen LogP contribution in [-0.2, 0) is 17.9 Å². The highest BCUT2D eigenvalue weighted by Crippen LogP contribution is 2.12. The Hall–Kier alpha value is -3.48. The van der Waals surface area contributed by atoms with Crippen LogP contribution in [0.15, 0.2) is 60.8 Å². The lowest BCUT2D eigenvalue weighted by molar-refractivity contribution is -0.116. The molecular formula is C19H18N6O. The Morgan fingerprint density at radius 3 is 2.77 bits per heavy atom. The van der Waals surface area contributed by atoms with Crippen LogP contribution >= 0.6 is 0 Å². The number of benzene rings is 2. The number of fused-ring (bicyclic) bond motifs is 1. The SMILES string of the molecule is Cc1ccccc1Cn1ccc(NC(=O)Cn2nnc3ccccc32)n1. The first-order valence-corrected chi connectivity index (χ1v) is 8.35. The summed E-state index contributed by atoms with van der Waals surface area (Å²) in [6.07, 6.45) is 1.85. The van der Waals surface area contributed by atoms with Gasteiger partial charge in [-0.2, -0.15) is 5.10 Å². The van der Waals surface area contributed by atoms with Crippen molar-refractivity contribution in [2.75, 3.05) is 5.32 Å². The van der Waals surface area contributed by atoms with E-state index in [9.17, 15) is 4.79 Å². The Balaban J connectivity index is 1.42. The molecule has 0 atom stereocenters. The molecule has 0 aliphatic carbocycles. The Morgan fingerprint density at radius 1 is 1.08 bits per heavy atom. The van der Waals surface area contributed by atoms with Crippen molar-refractivity contribution in [1.29, 1.82) is 0 Å². The second-order valence-corrected chi connectivity index (χ2v) is 6.11. The number of nitrogens with one attached hydrogen (secondary N) is 1. The molecule has 0 saturated carbocycles. The molecule has 26 heavy (non-hydrogen) atoms. The molecule has 0 radical (unpaired) electrons. The van der Waals surface area contributed by atoms with E-state index in [1.807, 2.05) is 47.3 Å². The van der Waals surface area contributed by atoms with E-state index in [-0.39, 0.29) is 12.5 Å². The van der Waals surface area contributed by atoms with E-state index in [2.05, 4.69) is 39.8 Å². The maximum Gasteiger partial charge on any atom is 0.247 e. The number of hydrogen-bond donors (Lipinski definition) is 1. The van der Waals surface area contributed by atoms with Gasteiger partial charge in [0.15, 0.2) is 5.82 Å². The highest BCUT2D eigenvalue weighted by atomic mass is 16.2. The van der Waals surface area contributed by atoms with Crippen molar-refractivity contribution in [1.82, 2.24) is 24.8 Å². The van der Waals surface area contributed by atoms with Gasteiger partial charge in [-0.05, 0) is 30.2 Å². The van der Waals surface area contributed by atoms with Gasteiger partial charge in [0.1, 0.15) is 12.1 Å². The predicted molar refractivity (Wildman–Crippen MR) is 98.7 cm³/mol. The summed E-state index contributed by atoms with van der Waals surface area (Å²) >= 11 is 0. The second-order valence-electron chi connectivity index (χ2n) is 6.11. The van der Waals surface area contributed by atoms with Crippen molar-refractivity contribution in [2.45, 2.75) is 20.0 Å². The predicted octanol–water partition coefficient (Wildman–Crippen LogP) is 2.62. The molecular weight excluding hydrogens is 328 g/mol. The van der Waals surface area contributed by atoms with Gasteiger partial charge in [0.05, 0.1) is 12.1 Å². The average Bonchev–Trinajstić information content (AvgIpc) is 3.24. The normalized spacial score (nSPS) is 11.0. The van der Waals surface area contributed by atoms with E-state index < -0.39 is 0 Å². The number of aromatic nitrogens is 5. The van der Waals surface area contributed by atoms with E-state index in [0.717, 1.165) is 11.0 Å². The van der Waals surface area contributed by atoms with Crippen molar-refractivity contribution in [3.8, 4) is 0 Å². The van der Waals surface area contributed by atoms with Crippen LogP contribution in [0.3, 0.4) is 0 Å². The first-order valence-electron chi connectivity index (χ1n) is 8.35. The van der Waals surface area contributed by atoms with Crippen LogP contribution in [0, 0.1) is 6.92 Å². The van der Waals surface area contributed by atoms with E-state index in [1.54, 1.807) is 10.7 Å². The number of nitrogens with zero attached hydrogens (tertiary/aromatic N) is 5. The summed E-state index contributed by atoms with van der Waals surface area (Å²) in [4.78, 5) is 12.3. The molecule has 130 valence electrons. The molecule has 4 aromatic rings. The molecule has 2 heterocycles. The number of para-hydroxylation sites is 1. The Morgan fingerprint density at radius 2 is 1.88 bits per heavy atom. The molecule has 0 unspecified atom stereocenters. The zero-order valence-corrected chi connectivity index (χ0v) is 14.3. The molecule has 1 amide bonds. The van der Waals surface area contributed by atoms with Crippen molar-refractivity contribution < 1.29 is 4.79 Å².